The highest BCUT2D eigenvalue weighted by atomic mass is 15.3. The van der Waals surface area contributed by atoms with Crippen LogP contribution < -0.4 is 0 Å². The summed E-state index contributed by atoms with van der Waals surface area (Å²) in [4.78, 5) is 5.38. The van der Waals surface area contributed by atoms with Crippen molar-refractivity contribution in [3.63, 3.8) is 0 Å². The van der Waals surface area contributed by atoms with E-state index in [0.29, 0.717) is 12.1 Å². The lowest BCUT2D eigenvalue weighted by atomic mass is 9.95. The van der Waals surface area contributed by atoms with Crippen LogP contribution in [0.5, 0.6) is 0 Å². The van der Waals surface area contributed by atoms with Gasteiger partial charge in [-0.2, -0.15) is 0 Å². The van der Waals surface area contributed by atoms with Gasteiger partial charge in [-0.15, -0.1) is 6.58 Å². The van der Waals surface area contributed by atoms with Gasteiger partial charge in [-0.1, -0.05) is 19.9 Å². The average molecular weight is 222 g/mol. The largest absolute Gasteiger partial charge is 0.298 e. The zero-order chi connectivity index (χ0) is 11.7. The Morgan fingerprint density at radius 3 is 2.62 bits per heavy atom. The fraction of sp³-hybridized carbons (Fsp3) is 0.857. The Kier molecular flexibility index (Phi) is 3.70. The Morgan fingerprint density at radius 1 is 1.25 bits per heavy atom. The highest BCUT2D eigenvalue weighted by molar-refractivity contribution is 4.98. The highest BCUT2D eigenvalue weighted by Crippen LogP contribution is 2.28. The molecule has 0 spiro atoms. The van der Waals surface area contributed by atoms with E-state index in [1.807, 2.05) is 0 Å². The summed E-state index contributed by atoms with van der Waals surface area (Å²) in [6.07, 6.45) is 4.89. The van der Waals surface area contributed by atoms with E-state index in [4.69, 9.17) is 0 Å². The molecule has 0 aromatic heterocycles. The molecule has 3 atom stereocenters. The molecule has 0 aliphatic carbocycles. The first-order chi connectivity index (χ1) is 7.63. The Bertz CT molecular complexity index is 249. The molecule has 0 N–H and O–H groups in total. The van der Waals surface area contributed by atoms with Gasteiger partial charge in [0, 0.05) is 31.2 Å². The molecule has 0 saturated carbocycles. The van der Waals surface area contributed by atoms with Crippen LogP contribution in [0.3, 0.4) is 0 Å². The molecule has 2 aliphatic heterocycles. The van der Waals surface area contributed by atoms with Gasteiger partial charge in [-0.25, -0.2) is 0 Å². The molecule has 2 heteroatoms. The third kappa shape index (κ3) is 2.18. The Balaban J connectivity index is 2.10. The van der Waals surface area contributed by atoms with Crippen molar-refractivity contribution in [1.82, 2.24) is 9.80 Å². The first-order valence-electron chi connectivity index (χ1n) is 6.75. The number of nitrogens with zero attached hydrogens (tertiary/aromatic N) is 2. The predicted octanol–water partition coefficient (Wildman–Crippen LogP) is 2.37. The van der Waals surface area contributed by atoms with Crippen molar-refractivity contribution >= 4 is 0 Å². The van der Waals surface area contributed by atoms with E-state index >= 15 is 0 Å². The van der Waals surface area contributed by atoms with Gasteiger partial charge < -0.3 is 0 Å². The maximum Gasteiger partial charge on any atom is 0.0252 e. The summed E-state index contributed by atoms with van der Waals surface area (Å²) < 4.78 is 0. The van der Waals surface area contributed by atoms with Crippen LogP contribution >= 0.6 is 0 Å². The second-order valence-corrected chi connectivity index (χ2v) is 5.78. The maximum atomic E-state index is 3.96. The van der Waals surface area contributed by atoms with E-state index < -0.39 is 0 Å². The molecule has 3 unspecified atom stereocenters. The van der Waals surface area contributed by atoms with Crippen LogP contribution in [0, 0.1) is 5.92 Å². The van der Waals surface area contributed by atoms with Crippen LogP contribution in [-0.2, 0) is 0 Å². The van der Waals surface area contributed by atoms with E-state index in [-0.39, 0.29) is 0 Å². The summed E-state index contributed by atoms with van der Waals surface area (Å²) in [6.45, 7) is 14.8. The van der Waals surface area contributed by atoms with Gasteiger partial charge in [0.1, 0.15) is 0 Å². The molecule has 0 aromatic rings. The zero-order valence-corrected chi connectivity index (χ0v) is 11.0. The third-order valence-corrected chi connectivity index (χ3v) is 4.40. The van der Waals surface area contributed by atoms with Gasteiger partial charge in [0.2, 0.25) is 0 Å². The average Bonchev–Trinajstić information content (AvgIpc) is 2.73. The fourth-order valence-electron chi connectivity index (χ4n) is 3.26. The summed E-state index contributed by atoms with van der Waals surface area (Å²) in [5, 5.41) is 0. The molecule has 2 aliphatic rings. The molecular weight excluding hydrogens is 196 g/mol. The van der Waals surface area contributed by atoms with Gasteiger partial charge in [0.05, 0.1) is 0 Å². The summed E-state index contributed by atoms with van der Waals surface area (Å²) in [5.41, 5.74) is 0. The molecule has 2 saturated heterocycles. The minimum atomic E-state index is 0.523. The molecule has 92 valence electrons. The van der Waals surface area contributed by atoms with E-state index in [1.54, 1.807) is 0 Å². The molecule has 2 rings (SSSR count). The van der Waals surface area contributed by atoms with Gasteiger partial charge in [-0.3, -0.25) is 9.80 Å². The summed E-state index contributed by atoms with van der Waals surface area (Å²) in [7, 11) is 0. The maximum absolute atomic E-state index is 3.96. The van der Waals surface area contributed by atoms with Gasteiger partial charge in [-0.05, 0) is 32.2 Å². The number of hydrogen-bond acceptors (Lipinski definition) is 2. The first kappa shape index (κ1) is 12.1. The second-order valence-electron chi connectivity index (χ2n) is 5.78. The molecule has 0 radical (unpaired) electrons. The van der Waals surface area contributed by atoms with Gasteiger partial charge in [0.15, 0.2) is 0 Å². The molecule has 0 amide bonds. The number of piperazine rings is 1. The van der Waals surface area contributed by atoms with Crippen molar-refractivity contribution in [1.29, 1.82) is 0 Å². The summed E-state index contributed by atoms with van der Waals surface area (Å²) in [6, 6.07) is 2.05. The van der Waals surface area contributed by atoms with Crippen molar-refractivity contribution < 1.29 is 0 Å². The highest BCUT2D eigenvalue weighted by Gasteiger charge is 2.38. The van der Waals surface area contributed by atoms with Crippen molar-refractivity contribution in [2.24, 2.45) is 5.92 Å². The summed E-state index contributed by atoms with van der Waals surface area (Å²) >= 11 is 0. The fourth-order valence-corrected chi connectivity index (χ4v) is 3.26. The lowest BCUT2D eigenvalue weighted by Gasteiger charge is -2.47. The van der Waals surface area contributed by atoms with Crippen LogP contribution in [0.4, 0.5) is 0 Å². The molecule has 2 nitrogen and oxygen atoms in total. The van der Waals surface area contributed by atoms with Crippen molar-refractivity contribution in [3.8, 4) is 0 Å². The number of rotatable bonds is 3. The molecule has 2 fully saturated rings. The van der Waals surface area contributed by atoms with Crippen molar-refractivity contribution in [3.05, 3.63) is 12.7 Å². The van der Waals surface area contributed by atoms with E-state index in [0.717, 1.165) is 12.0 Å². The molecule has 2 heterocycles. The molecular formula is C14H26N2. The Hall–Kier alpha value is -0.340. The number of fused-ring (bicyclic) bond motifs is 1. The first-order valence-corrected chi connectivity index (χ1v) is 6.75. The normalized spacial score (nSPS) is 34.0. The Morgan fingerprint density at radius 2 is 2.00 bits per heavy atom. The second kappa shape index (κ2) is 4.89. The topological polar surface area (TPSA) is 6.48 Å². The number of hydrogen-bond donors (Lipinski definition) is 0. The SMILES string of the molecule is C=CC(C)N1CC2CCCN2CC1C(C)C. The Labute approximate surface area is 100 Å². The minimum absolute atomic E-state index is 0.523. The van der Waals surface area contributed by atoms with Crippen LogP contribution in [0.2, 0.25) is 0 Å². The van der Waals surface area contributed by atoms with Crippen molar-refractivity contribution in [2.75, 3.05) is 19.6 Å². The minimum Gasteiger partial charge on any atom is -0.298 e. The quantitative estimate of drug-likeness (QED) is 0.676. The predicted molar refractivity (Wildman–Crippen MR) is 69.6 cm³/mol. The van der Waals surface area contributed by atoms with Crippen LogP contribution in [0.1, 0.15) is 33.6 Å². The molecule has 16 heavy (non-hydrogen) atoms. The van der Waals surface area contributed by atoms with Crippen LogP contribution in [0.15, 0.2) is 12.7 Å². The van der Waals surface area contributed by atoms with Crippen LogP contribution in [0.25, 0.3) is 0 Å². The molecule has 0 bridgehead atoms. The van der Waals surface area contributed by atoms with Crippen molar-refractivity contribution in [2.45, 2.75) is 51.7 Å². The third-order valence-electron chi connectivity index (χ3n) is 4.40. The lowest BCUT2D eigenvalue weighted by Crippen LogP contribution is -2.59. The molecule has 0 aromatic carbocycles. The van der Waals surface area contributed by atoms with Crippen LogP contribution in [-0.4, -0.2) is 47.6 Å². The van der Waals surface area contributed by atoms with Gasteiger partial charge >= 0.3 is 0 Å². The van der Waals surface area contributed by atoms with E-state index in [1.165, 1.54) is 32.5 Å². The van der Waals surface area contributed by atoms with Gasteiger partial charge in [0.25, 0.3) is 0 Å². The summed E-state index contributed by atoms with van der Waals surface area (Å²) in [5.74, 6) is 0.740. The lowest BCUT2D eigenvalue weighted by molar-refractivity contribution is 0.0163. The standard InChI is InChI=1S/C14H26N2/c1-5-12(4)16-9-13-7-6-8-15(13)10-14(16)11(2)3/h5,11-14H,1,6-10H2,2-4H3. The zero-order valence-electron chi connectivity index (χ0n) is 11.0. The smallest absolute Gasteiger partial charge is 0.0252 e. The van der Waals surface area contributed by atoms with E-state index in [9.17, 15) is 0 Å². The monoisotopic (exact) mass is 222 g/mol. The van der Waals surface area contributed by atoms with E-state index in [2.05, 4.69) is 43.2 Å².